The first kappa shape index (κ1) is 17.0. The molecular weight excluding hydrogens is 329 g/mol. The van der Waals surface area contributed by atoms with Gasteiger partial charge in [0.2, 0.25) is 0 Å². The maximum atomic E-state index is 12.8. The molecule has 0 bridgehead atoms. The van der Waals surface area contributed by atoms with Gasteiger partial charge >= 0.3 is 6.18 Å². The van der Waals surface area contributed by atoms with Gasteiger partial charge in [-0.3, -0.25) is 4.90 Å². The lowest BCUT2D eigenvalue weighted by Crippen LogP contribution is -2.47. The highest BCUT2D eigenvalue weighted by molar-refractivity contribution is 6.31. The number of benzene rings is 1. The zero-order valence-electron chi connectivity index (χ0n) is 12.7. The van der Waals surface area contributed by atoms with E-state index in [4.69, 9.17) is 16.3 Å². The first-order chi connectivity index (χ1) is 10.9. The lowest BCUT2D eigenvalue weighted by Gasteiger charge is -2.33. The Kier molecular flexibility index (Phi) is 5.16. The van der Waals surface area contributed by atoms with Crippen LogP contribution in [0.4, 0.5) is 13.2 Å². The van der Waals surface area contributed by atoms with Gasteiger partial charge in [-0.25, -0.2) is 0 Å². The number of hydrogen-bond donors (Lipinski definition) is 1. The Balaban J connectivity index is 1.50. The smallest absolute Gasteiger partial charge is 0.374 e. The summed E-state index contributed by atoms with van der Waals surface area (Å²) in [5.41, 5.74) is -0.219. The fraction of sp³-hybridized carbons (Fsp3) is 0.625. The van der Waals surface area contributed by atoms with E-state index in [1.54, 1.807) is 6.07 Å². The Labute approximate surface area is 138 Å². The summed E-state index contributed by atoms with van der Waals surface area (Å²) in [5, 5.41) is 2.92. The standard InChI is InChI=1S/C16H20ClF3N2O/c17-15-4-1-11(7-14(15)16(18,19)20)8-21-9-13-10-22(5-6-23-13)12-2-3-12/h1,4,7,12-13,21H,2-3,5-6,8-10H2. The Bertz CT molecular complexity index is 549. The van der Waals surface area contributed by atoms with Crippen LogP contribution in [-0.4, -0.2) is 43.3 Å². The third kappa shape index (κ3) is 4.59. The van der Waals surface area contributed by atoms with Crippen molar-refractivity contribution in [3.8, 4) is 0 Å². The Morgan fingerprint density at radius 1 is 1.30 bits per heavy atom. The largest absolute Gasteiger partial charge is 0.417 e. The molecule has 1 aromatic rings. The molecule has 1 aliphatic carbocycles. The number of alkyl halides is 3. The molecule has 1 heterocycles. The molecule has 0 aromatic heterocycles. The normalized spacial score (nSPS) is 23.2. The molecule has 3 rings (SSSR count). The first-order valence-electron chi connectivity index (χ1n) is 7.85. The van der Waals surface area contributed by atoms with E-state index in [2.05, 4.69) is 10.2 Å². The fourth-order valence-electron chi connectivity index (χ4n) is 2.91. The van der Waals surface area contributed by atoms with Gasteiger partial charge in [-0.05, 0) is 30.5 Å². The van der Waals surface area contributed by atoms with Gasteiger partial charge in [-0.15, -0.1) is 0 Å². The van der Waals surface area contributed by atoms with Gasteiger partial charge in [0, 0.05) is 32.2 Å². The van der Waals surface area contributed by atoms with E-state index in [0.717, 1.165) is 25.8 Å². The van der Waals surface area contributed by atoms with Crippen LogP contribution in [-0.2, 0) is 17.5 Å². The average Bonchev–Trinajstić information content (AvgIpc) is 3.33. The van der Waals surface area contributed by atoms with Crippen LogP contribution in [0.2, 0.25) is 5.02 Å². The van der Waals surface area contributed by atoms with E-state index in [1.165, 1.54) is 18.9 Å². The van der Waals surface area contributed by atoms with Crippen LogP contribution in [0.3, 0.4) is 0 Å². The van der Waals surface area contributed by atoms with Gasteiger partial charge in [0.15, 0.2) is 0 Å². The minimum absolute atomic E-state index is 0.0961. The van der Waals surface area contributed by atoms with E-state index in [-0.39, 0.29) is 11.1 Å². The van der Waals surface area contributed by atoms with Gasteiger partial charge in [-0.1, -0.05) is 17.7 Å². The molecule has 7 heteroatoms. The van der Waals surface area contributed by atoms with Crippen LogP contribution >= 0.6 is 11.6 Å². The number of hydrogen-bond acceptors (Lipinski definition) is 3. The van der Waals surface area contributed by atoms with E-state index < -0.39 is 11.7 Å². The van der Waals surface area contributed by atoms with E-state index in [1.807, 2.05) is 0 Å². The number of ether oxygens (including phenoxy) is 1. The Morgan fingerprint density at radius 2 is 2.09 bits per heavy atom. The fourth-order valence-corrected chi connectivity index (χ4v) is 3.14. The van der Waals surface area contributed by atoms with Crippen molar-refractivity contribution in [3.05, 3.63) is 34.3 Å². The molecule has 0 spiro atoms. The van der Waals surface area contributed by atoms with Crippen molar-refractivity contribution in [3.63, 3.8) is 0 Å². The summed E-state index contributed by atoms with van der Waals surface area (Å²) >= 11 is 5.62. The maximum Gasteiger partial charge on any atom is 0.417 e. The molecule has 1 aromatic carbocycles. The molecule has 1 saturated carbocycles. The zero-order chi connectivity index (χ0) is 16.4. The third-order valence-electron chi connectivity index (χ3n) is 4.27. The molecule has 2 fully saturated rings. The van der Waals surface area contributed by atoms with Gasteiger partial charge in [0.05, 0.1) is 23.3 Å². The molecule has 23 heavy (non-hydrogen) atoms. The predicted molar refractivity (Wildman–Crippen MR) is 82.5 cm³/mol. The number of nitrogens with zero attached hydrogens (tertiary/aromatic N) is 1. The number of rotatable bonds is 5. The summed E-state index contributed by atoms with van der Waals surface area (Å²) in [6, 6.07) is 4.73. The highest BCUT2D eigenvalue weighted by Crippen LogP contribution is 2.35. The van der Waals surface area contributed by atoms with Crippen molar-refractivity contribution in [2.45, 2.75) is 37.7 Å². The zero-order valence-corrected chi connectivity index (χ0v) is 13.5. The van der Waals surface area contributed by atoms with Crippen LogP contribution in [0.1, 0.15) is 24.0 Å². The van der Waals surface area contributed by atoms with Gasteiger partial charge < -0.3 is 10.1 Å². The van der Waals surface area contributed by atoms with Crippen molar-refractivity contribution < 1.29 is 17.9 Å². The first-order valence-corrected chi connectivity index (χ1v) is 8.23. The number of nitrogens with one attached hydrogen (secondary N) is 1. The molecule has 128 valence electrons. The summed E-state index contributed by atoms with van der Waals surface area (Å²) in [6.07, 6.45) is -1.79. The summed E-state index contributed by atoms with van der Waals surface area (Å²) in [6.45, 7) is 3.60. The number of halogens is 4. The second-order valence-corrected chi connectivity index (χ2v) is 6.57. The monoisotopic (exact) mass is 348 g/mol. The molecule has 0 amide bonds. The summed E-state index contributed by atoms with van der Waals surface area (Å²) in [7, 11) is 0. The van der Waals surface area contributed by atoms with E-state index >= 15 is 0 Å². The second-order valence-electron chi connectivity index (χ2n) is 6.16. The van der Waals surface area contributed by atoms with Gasteiger partial charge in [-0.2, -0.15) is 13.2 Å². The minimum Gasteiger partial charge on any atom is -0.374 e. The molecule has 1 unspecified atom stereocenters. The molecule has 3 nitrogen and oxygen atoms in total. The minimum atomic E-state index is -4.43. The maximum absolute atomic E-state index is 12.8. The van der Waals surface area contributed by atoms with Crippen LogP contribution in [0, 0.1) is 0 Å². The van der Waals surface area contributed by atoms with E-state index in [9.17, 15) is 13.2 Å². The Hall–Kier alpha value is -0.820. The average molecular weight is 349 g/mol. The van der Waals surface area contributed by atoms with E-state index in [0.29, 0.717) is 24.7 Å². The molecule has 1 atom stereocenters. The molecule has 1 saturated heterocycles. The van der Waals surface area contributed by atoms with Crippen LogP contribution in [0.15, 0.2) is 18.2 Å². The topological polar surface area (TPSA) is 24.5 Å². The molecule has 1 N–H and O–H groups in total. The lowest BCUT2D eigenvalue weighted by atomic mass is 10.1. The van der Waals surface area contributed by atoms with Crippen molar-refractivity contribution >= 4 is 11.6 Å². The van der Waals surface area contributed by atoms with Gasteiger partial charge in [0.1, 0.15) is 0 Å². The molecule has 0 radical (unpaired) electrons. The number of morpholine rings is 1. The highest BCUT2D eigenvalue weighted by Gasteiger charge is 2.34. The molecule has 2 aliphatic rings. The van der Waals surface area contributed by atoms with Crippen LogP contribution in [0.25, 0.3) is 0 Å². The third-order valence-corrected chi connectivity index (χ3v) is 4.60. The quantitative estimate of drug-likeness (QED) is 0.883. The summed E-state index contributed by atoms with van der Waals surface area (Å²) in [5.74, 6) is 0. The summed E-state index contributed by atoms with van der Waals surface area (Å²) < 4.78 is 44.2. The SMILES string of the molecule is FC(F)(F)c1cc(CNCC2CN(C3CC3)CCO2)ccc1Cl. The highest BCUT2D eigenvalue weighted by atomic mass is 35.5. The predicted octanol–water partition coefficient (Wildman–Crippen LogP) is 3.31. The van der Waals surface area contributed by atoms with Crippen molar-refractivity contribution in [1.82, 2.24) is 10.2 Å². The molecular formula is C16H20ClF3N2O. The molecule has 1 aliphatic heterocycles. The lowest BCUT2D eigenvalue weighted by molar-refractivity contribution is -0.137. The van der Waals surface area contributed by atoms with Crippen molar-refractivity contribution in [2.75, 3.05) is 26.2 Å². The summed E-state index contributed by atoms with van der Waals surface area (Å²) in [4.78, 5) is 2.44. The van der Waals surface area contributed by atoms with Crippen LogP contribution < -0.4 is 5.32 Å². The van der Waals surface area contributed by atoms with Crippen LogP contribution in [0.5, 0.6) is 0 Å². The van der Waals surface area contributed by atoms with Crippen molar-refractivity contribution in [1.29, 1.82) is 0 Å². The van der Waals surface area contributed by atoms with Gasteiger partial charge in [0.25, 0.3) is 0 Å². The second kappa shape index (κ2) is 6.97. The van der Waals surface area contributed by atoms with Crippen molar-refractivity contribution in [2.24, 2.45) is 0 Å². The Morgan fingerprint density at radius 3 is 2.78 bits per heavy atom.